The van der Waals surface area contributed by atoms with E-state index in [2.05, 4.69) is 0 Å². The number of rotatable bonds is 2. The minimum atomic E-state index is -0.308. The van der Waals surface area contributed by atoms with Crippen LogP contribution in [0.2, 0.25) is 0 Å². The molecule has 0 radical (unpaired) electrons. The summed E-state index contributed by atoms with van der Waals surface area (Å²) in [5.74, 6) is -0.308. The maximum absolute atomic E-state index is 13.0. The number of aromatic nitrogens is 1. The first-order valence-corrected chi connectivity index (χ1v) is 6.12. The van der Waals surface area contributed by atoms with Crippen molar-refractivity contribution in [2.75, 3.05) is 0 Å². The summed E-state index contributed by atoms with van der Waals surface area (Å²) >= 11 is 0. The number of nitrogens with zero attached hydrogens (tertiary/aromatic N) is 2. The fraction of sp³-hybridized carbons (Fsp3) is 0.200. The molecule has 94 valence electrons. The Hall–Kier alpha value is -2.41. The van der Waals surface area contributed by atoms with Crippen LogP contribution in [-0.4, -0.2) is 4.57 Å². The van der Waals surface area contributed by atoms with Crippen LogP contribution in [0, 0.1) is 17.1 Å². The summed E-state index contributed by atoms with van der Waals surface area (Å²) in [6, 6.07) is 11.4. The number of hydrogen-bond acceptors (Lipinski definition) is 2. The summed E-state index contributed by atoms with van der Waals surface area (Å²) in [7, 11) is 0. The Labute approximate surface area is 109 Å². The SMILES string of the molecule is N#Cc1ccc(-c2ccc(F)cc2)n(C2CC2)c1=O. The molecule has 2 aromatic rings. The summed E-state index contributed by atoms with van der Waals surface area (Å²) in [6.07, 6.45) is 1.89. The second kappa shape index (κ2) is 4.36. The van der Waals surface area contributed by atoms with Gasteiger partial charge in [0.2, 0.25) is 0 Å². The maximum Gasteiger partial charge on any atom is 0.269 e. The van der Waals surface area contributed by atoms with Crippen molar-refractivity contribution >= 4 is 0 Å². The average Bonchev–Trinajstić information content (AvgIpc) is 3.23. The lowest BCUT2D eigenvalue weighted by Crippen LogP contribution is -2.23. The molecular formula is C15H11FN2O. The molecule has 1 aromatic carbocycles. The topological polar surface area (TPSA) is 45.8 Å². The third kappa shape index (κ3) is 2.04. The molecule has 0 spiro atoms. The van der Waals surface area contributed by atoms with Crippen LogP contribution in [0.3, 0.4) is 0 Å². The first kappa shape index (κ1) is 11.7. The van der Waals surface area contributed by atoms with Gasteiger partial charge in [0.15, 0.2) is 0 Å². The Bertz CT molecular complexity index is 721. The molecule has 1 aliphatic rings. The van der Waals surface area contributed by atoms with Gasteiger partial charge in [0, 0.05) is 6.04 Å². The van der Waals surface area contributed by atoms with E-state index in [1.807, 2.05) is 6.07 Å². The van der Waals surface area contributed by atoms with Gasteiger partial charge in [0.05, 0.1) is 5.69 Å². The summed E-state index contributed by atoms with van der Waals surface area (Å²) in [4.78, 5) is 12.2. The molecule has 3 nitrogen and oxygen atoms in total. The van der Waals surface area contributed by atoms with Crippen molar-refractivity contribution in [2.24, 2.45) is 0 Å². The quantitative estimate of drug-likeness (QED) is 0.827. The van der Waals surface area contributed by atoms with Gasteiger partial charge in [-0.25, -0.2) is 4.39 Å². The van der Waals surface area contributed by atoms with Gasteiger partial charge in [-0.2, -0.15) is 5.26 Å². The number of pyridine rings is 1. The van der Waals surface area contributed by atoms with E-state index in [9.17, 15) is 9.18 Å². The van der Waals surface area contributed by atoms with Gasteiger partial charge in [0.25, 0.3) is 5.56 Å². The van der Waals surface area contributed by atoms with E-state index in [0.717, 1.165) is 24.1 Å². The van der Waals surface area contributed by atoms with E-state index in [0.29, 0.717) is 0 Å². The first-order chi connectivity index (χ1) is 9.20. The molecule has 1 fully saturated rings. The molecule has 19 heavy (non-hydrogen) atoms. The van der Waals surface area contributed by atoms with E-state index in [1.165, 1.54) is 18.2 Å². The zero-order valence-corrected chi connectivity index (χ0v) is 10.1. The second-order valence-corrected chi connectivity index (χ2v) is 4.66. The third-order valence-corrected chi connectivity index (χ3v) is 3.29. The maximum atomic E-state index is 13.0. The standard InChI is InChI=1S/C15H11FN2O/c16-12-4-1-10(2-5-12)14-8-3-11(9-17)15(19)18(14)13-6-7-13/h1-5,8,13H,6-7H2. The molecule has 1 heterocycles. The van der Waals surface area contributed by atoms with Gasteiger partial charge in [-0.1, -0.05) is 0 Å². The molecule has 0 aliphatic heterocycles. The molecule has 0 saturated heterocycles. The Kier molecular flexibility index (Phi) is 2.68. The molecule has 4 heteroatoms. The predicted octanol–water partition coefficient (Wildman–Crippen LogP) is 2.86. The van der Waals surface area contributed by atoms with Crippen LogP contribution in [0.4, 0.5) is 4.39 Å². The van der Waals surface area contributed by atoms with Crippen LogP contribution in [0.25, 0.3) is 11.3 Å². The Balaban J connectivity index is 2.21. The van der Waals surface area contributed by atoms with Gasteiger partial charge >= 0.3 is 0 Å². The minimum Gasteiger partial charge on any atom is -0.304 e. The highest BCUT2D eigenvalue weighted by atomic mass is 19.1. The normalized spacial score (nSPS) is 14.1. The van der Waals surface area contributed by atoms with Crippen molar-refractivity contribution in [3.63, 3.8) is 0 Å². The molecule has 0 amide bonds. The molecule has 0 N–H and O–H groups in total. The monoisotopic (exact) mass is 254 g/mol. The zero-order valence-electron chi connectivity index (χ0n) is 10.1. The predicted molar refractivity (Wildman–Crippen MR) is 69.1 cm³/mol. The molecule has 1 aliphatic carbocycles. The summed E-state index contributed by atoms with van der Waals surface area (Å²) < 4.78 is 14.6. The zero-order chi connectivity index (χ0) is 13.4. The first-order valence-electron chi connectivity index (χ1n) is 6.12. The average molecular weight is 254 g/mol. The summed E-state index contributed by atoms with van der Waals surface area (Å²) in [5, 5.41) is 8.93. The summed E-state index contributed by atoms with van der Waals surface area (Å²) in [6.45, 7) is 0. The van der Waals surface area contributed by atoms with E-state index < -0.39 is 0 Å². The lowest BCUT2D eigenvalue weighted by atomic mass is 10.1. The van der Waals surface area contributed by atoms with Gasteiger partial charge in [-0.05, 0) is 54.8 Å². The van der Waals surface area contributed by atoms with Gasteiger partial charge in [-0.3, -0.25) is 4.79 Å². The third-order valence-electron chi connectivity index (χ3n) is 3.29. The van der Waals surface area contributed by atoms with Crippen LogP contribution in [0.5, 0.6) is 0 Å². The highest BCUT2D eigenvalue weighted by Crippen LogP contribution is 2.37. The Morgan fingerprint density at radius 3 is 2.42 bits per heavy atom. The number of nitriles is 1. The van der Waals surface area contributed by atoms with E-state index in [1.54, 1.807) is 22.8 Å². The van der Waals surface area contributed by atoms with Crippen molar-refractivity contribution in [1.29, 1.82) is 5.26 Å². The second-order valence-electron chi connectivity index (χ2n) is 4.66. The van der Waals surface area contributed by atoms with Crippen LogP contribution < -0.4 is 5.56 Å². The van der Waals surface area contributed by atoms with Crippen molar-refractivity contribution in [3.05, 3.63) is 58.1 Å². The number of hydrogen-bond donors (Lipinski definition) is 0. The van der Waals surface area contributed by atoms with Crippen LogP contribution >= 0.6 is 0 Å². The fourth-order valence-electron chi connectivity index (χ4n) is 2.19. The Morgan fingerprint density at radius 2 is 1.84 bits per heavy atom. The molecule has 0 atom stereocenters. The van der Waals surface area contributed by atoms with Crippen molar-refractivity contribution < 1.29 is 4.39 Å². The van der Waals surface area contributed by atoms with E-state index >= 15 is 0 Å². The molecular weight excluding hydrogens is 243 g/mol. The lowest BCUT2D eigenvalue weighted by molar-refractivity contribution is 0.628. The highest BCUT2D eigenvalue weighted by Gasteiger charge is 2.27. The number of halogens is 1. The van der Waals surface area contributed by atoms with Crippen LogP contribution in [0.15, 0.2) is 41.2 Å². The highest BCUT2D eigenvalue weighted by molar-refractivity contribution is 5.60. The van der Waals surface area contributed by atoms with E-state index in [-0.39, 0.29) is 23.0 Å². The summed E-state index contributed by atoms with van der Waals surface area (Å²) in [5.41, 5.74) is 1.42. The van der Waals surface area contributed by atoms with Crippen LogP contribution in [-0.2, 0) is 0 Å². The minimum absolute atomic E-state index is 0.151. The van der Waals surface area contributed by atoms with Crippen molar-refractivity contribution in [3.8, 4) is 17.3 Å². The molecule has 3 rings (SSSR count). The van der Waals surface area contributed by atoms with E-state index in [4.69, 9.17) is 5.26 Å². The van der Waals surface area contributed by atoms with Crippen molar-refractivity contribution in [1.82, 2.24) is 4.57 Å². The smallest absolute Gasteiger partial charge is 0.269 e. The van der Waals surface area contributed by atoms with Crippen LogP contribution in [0.1, 0.15) is 24.4 Å². The number of benzene rings is 1. The van der Waals surface area contributed by atoms with Gasteiger partial charge in [-0.15, -0.1) is 0 Å². The van der Waals surface area contributed by atoms with Gasteiger partial charge in [0.1, 0.15) is 17.4 Å². The molecule has 0 bridgehead atoms. The Morgan fingerprint density at radius 1 is 1.16 bits per heavy atom. The fourth-order valence-corrected chi connectivity index (χ4v) is 2.19. The molecule has 1 saturated carbocycles. The lowest BCUT2D eigenvalue weighted by Gasteiger charge is -2.12. The molecule has 1 aromatic heterocycles. The molecule has 0 unspecified atom stereocenters. The van der Waals surface area contributed by atoms with Crippen molar-refractivity contribution in [2.45, 2.75) is 18.9 Å². The largest absolute Gasteiger partial charge is 0.304 e. The van der Waals surface area contributed by atoms with Gasteiger partial charge < -0.3 is 4.57 Å².